The third-order valence-electron chi connectivity index (χ3n) is 4.35. The molecule has 142 valence electrons. The van der Waals surface area contributed by atoms with Gasteiger partial charge in [0.2, 0.25) is 0 Å². The fourth-order valence-electron chi connectivity index (χ4n) is 2.89. The van der Waals surface area contributed by atoms with Crippen LogP contribution in [0.4, 0.5) is 0 Å². The number of nitrogens with zero attached hydrogens (tertiary/aromatic N) is 7. The van der Waals surface area contributed by atoms with E-state index in [-0.39, 0.29) is 18.4 Å². The molecule has 0 bridgehead atoms. The zero-order valence-corrected chi connectivity index (χ0v) is 15.8. The molecule has 4 heterocycles. The van der Waals surface area contributed by atoms with Gasteiger partial charge in [-0.05, 0) is 24.1 Å². The van der Waals surface area contributed by atoms with Crippen molar-refractivity contribution in [3.05, 3.63) is 60.1 Å². The van der Waals surface area contributed by atoms with E-state index in [9.17, 15) is 4.79 Å². The predicted octanol–water partition coefficient (Wildman–Crippen LogP) is 2.57. The van der Waals surface area contributed by atoms with E-state index in [0.717, 1.165) is 11.3 Å². The molecule has 1 amide bonds. The van der Waals surface area contributed by atoms with Gasteiger partial charge in [-0.25, -0.2) is 9.50 Å². The summed E-state index contributed by atoms with van der Waals surface area (Å²) >= 11 is 0. The van der Waals surface area contributed by atoms with E-state index in [4.69, 9.17) is 4.52 Å². The Morgan fingerprint density at radius 2 is 2.18 bits per heavy atom. The lowest BCUT2D eigenvalue weighted by Gasteiger charge is -2.16. The van der Waals surface area contributed by atoms with Crippen LogP contribution in [0.15, 0.2) is 47.5 Å². The van der Waals surface area contributed by atoms with Crippen molar-refractivity contribution in [2.45, 2.75) is 26.3 Å². The molecule has 0 aliphatic rings. The second-order valence-electron chi connectivity index (χ2n) is 6.77. The van der Waals surface area contributed by atoms with Gasteiger partial charge in [0.05, 0.1) is 12.2 Å². The van der Waals surface area contributed by atoms with Crippen LogP contribution in [0.3, 0.4) is 0 Å². The molecule has 4 aromatic heterocycles. The predicted molar refractivity (Wildman–Crippen MR) is 100 cm³/mol. The Morgan fingerprint density at radius 1 is 1.32 bits per heavy atom. The third-order valence-corrected chi connectivity index (χ3v) is 4.35. The largest absolute Gasteiger partial charge is 0.359 e. The summed E-state index contributed by atoms with van der Waals surface area (Å²) in [6, 6.07) is 7.29. The molecule has 0 aliphatic heterocycles. The average Bonchev–Trinajstić information content (AvgIpc) is 3.36. The van der Waals surface area contributed by atoms with Gasteiger partial charge in [-0.15, -0.1) is 0 Å². The maximum Gasteiger partial charge on any atom is 0.272 e. The quantitative estimate of drug-likeness (QED) is 0.526. The van der Waals surface area contributed by atoms with Crippen LogP contribution in [0.25, 0.3) is 17.0 Å². The van der Waals surface area contributed by atoms with Crippen molar-refractivity contribution in [3.63, 3.8) is 0 Å². The van der Waals surface area contributed by atoms with Crippen LogP contribution in [0, 0.1) is 0 Å². The average molecular weight is 377 g/mol. The summed E-state index contributed by atoms with van der Waals surface area (Å²) in [7, 11) is 1.69. The van der Waals surface area contributed by atoms with E-state index in [1.807, 2.05) is 26.0 Å². The van der Waals surface area contributed by atoms with Crippen molar-refractivity contribution < 1.29 is 9.32 Å². The van der Waals surface area contributed by atoms with Crippen LogP contribution < -0.4 is 0 Å². The molecule has 0 saturated heterocycles. The normalized spacial score (nSPS) is 11.3. The lowest BCUT2D eigenvalue weighted by Crippen LogP contribution is -2.27. The highest BCUT2D eigenvalue weighted by molar-refractivity contribution is 5.92. The molecule has 0 aromatic carbocycles. The number of carbonyl (C=O) groups is 1. The number of hydrogen-bond donors (Lipinski definition) is 0. The van der Waals surface area contributed by atoms with Crippen molar-refractivity contribution in [2.24, 2.45) is 0 Å². The van der Waals surface area contributed by atoms with E-state index in [1.165, 1.54) is 11.2 Å². The molecule has 0 N–H and O–H groups in total. The third kappa shape index (κ3) is 3.34. The summed E-state index contributed by atoms with van der Waals surface area (Å²) in [5.74, 6) is 0.913. The van der Waals surface area contributed by atoms with Gasteiger partial charge >= 0.3 is 0 Å². The highest BCUT2D eigenvalue weighted by Crippen LogP contribution is 2.20. The minimum Gasteiger partial charge on any atom is -0.359 e. The molecule has 0 fully saturated rings. The van der Waals surface area contributed by atoms with Gasteiger partial charge in [0.1, 0.15) is 17.7 Å². The van der Waals surface area contributed by atoms with Crippen LogP contribution in [-0.2, 0) is 6.54 Å². The van der Waals surface area contributed by atoms with Gasteiger partial charge in [0.15, 0.2) is 5.76 Å². The molecule has 0 saturated carbocycles. The summed E-state index contributed by atoms with van der Waals surface area (Å²) in [5.41, 5.74) is 2.72. The number of fused-ring (bicyclic) bond motifs is 1. The first-order valence-electron chi connectivity index (χ1n) is 8.85. The van der Waals surface area contributed by atoms with Crippen molar-refractivity contribution >= 4 is 11.7 Å². The smallest absolute Gasteiger partial charge is 0.272 e. The standard InChI is InChI=1S/C19H19N7O2/c1-12(2)17-8-16(23-19-21-11-22-26(17)19)18(27)25(3)10-14-7-15(24-28-14)13-5-4-6-20-9-13/h4-9,11-12H,10H2,1-3H3. The van der Waals surface area contributed by atoms with Crippen molar-refractivity contribution in [3.8, 4) is 11.3 Å². The number of amides is 1. The van der Waals surface area contributed by atoms with Crippen LogP contribution in [0.2, 0.25) is 0 Å². The lowest BCUT2D eigenvalue weighted by atomic mass is 10.1. The van der Waals surface area contributed by atoms with Gasteiger partial charge in [-0.3, -0.25) is 9.78 Å². The number of hydrogen-bond acceptors (Lipinski definition) is 7. The highest BCUT2D eigenvalue weighted by Gasteiger charge is 2.20. The van der Waals surface area contributed by atoms with Crippen molar-refractivity contribution in [1.82, 2.24) is 34.6 Å². The SMILES string of the molecule is CC(C)c1cc(C(=O)N(C)Cc2cc(-c3cccnc3)no2)nc2ncnn12. The van der Waals surface area contributed by atoms with E-state index in [2.05, 4.69) is 25.2 Å². The zero-order valence-electron chi connectivity index (χ0n) is 15.8. The molecule has 0 spiro atoms. The summed E-state index contributed by atoms with van der Waals surface area (Å²) in [5, 5.41) is 8.23. The van der Waals surface area contributed by atoms with Crippen molar-refractivity contribution in [1.29, 1.82) is 0 Å². The first kappa shape index (κ1) is 17.8. The second kappa shape index (κ2) is 7.18. The van der Waals surface area contributed by atoms with Crippen LogP contribution >= 0.6 is 0 Å². The van der Waals surface area contributed by atoms with Crippen LogP contribution in [-0.4, -0.2) is 47.6 Å². The monoisotopic (exact) mass is 377 g/mol. The Morgan fingerprint density at radius 3 is 2.93 bits per heavy atom. The Balaban J connectivity index is 1.56. The van der Waals surface area contributed by atoms with E-state index >= 15 is 0 Å². The summed E-state index contributed by atoms with van der Waals surface area (Å²) < 4.78 is 7.03. The minimum absolute atomic E-state index is 0.167. The van der Waals surface area contributed by atoms with E-state index in [0.29, 0.717) is 22.9 Å². The molecule has 4 rings (SSSR count). The summed E-state index contributed by atoms with van der Waals surface area (Å²) in [6.07, 6.45) is 4.84. The maximum absolute atomic E-state index is 12.9. The lowest BCUT2D eigenvalue weighted by molar-refractivity contribution is 0.0766. The molecule has 0 atom stereocenters. The first-order valence-corrected chi connectivity index (χ1v) is 8.85. The molecule has 9 nitrogen and oxygen atoms in total. The van der Waals surface area contributed by atoms with Crippen molar-refractivity contribution in [2.75, 3.05) is 7.05 Å². The fourth-order valence-corrected chi connectivity index (χ4v) is 2.89. The van der Waals surface area contributed by atoms with Gasteiger partial charge in [-0.2, -0.15) is 10.1 Å². The molecule has 9 heteroatoms. The molecule has 0 aliphatic carbocycles. The molecule has 0 unspecified atom stereocenters. The van der Waals surface area contributed by atoms with Crippen LogP contribution in [0.5, 0.6) is 0 Å². The zero-order chi connectivity index (χ0) is 19.7. The Kier molecular flexibility index (Phi) is 4.56. The fraction of sp³-hybridized carbons (Fsp3) is 0.263. The van der Waals surface area contributed by atoms with E-state index in [1.54, 1.807) is 36.1 Å². The number of pyridine rings is 1. The Hall–Kier alpha value is -3.62. The maximum atomic E-state index is 12.9. The Bertz CT molecular complexity index is 1120. The topological polar surface area (TPSA) is 102 Å². The van der Waals surface area contributed by atoms with Gasteiger partial charge in [0.25, 0.3) is 11.7 Å². The second-order valence-corrected chi connectivity index (χ2v) is 6.77. The summed E-state index contributed by atoms with van der Waals surface area (Å²) in [6.45, 7) is 4.33. The molecule has 4 aromatic rings. The molecular weight excluding hydrogens is 358 g/mol. The number of carbonyl (C=O) groups excluding carboxylic acids is 1. The van der Waals surface area contributed by atoms with Gasteiger partial charge < -0.3 is 9.42 Å². The Labute approximate surface area is 161 Å². The molecule has 28 heavy (non-hydrogen) atoms. The molecule has 0 radical (unpaired) electrons. The highest BCUT2D eigenvalue weighted by atomic mass is 16.5. The number of rotatable bonds is 5. The summed E-state index contributed by atoms with van der Waals surface area (Å²) in [4.78, 5) is 27.0. The van der Waals surface area contributed by atoms with E-state index < -0.39 is 0 Å². The van der Waals surface area contributed by atoms with Crippen LogP contribution in [0.1, 0.15) is 41.7 Å². The van der Waals surface area contributed by atoms with Gasteiger partial charge in [0, 0.05) is 31.1 Å². The number of aromatic nitrogens is 6. The minimum atomic E-state index is -0.230. The first-order chi connectivity index (χ1) is 13.5. The molecular formula is C19H19N7O2. The van der Waals surface area contributed by atoms with Gasteiger partial charge in [-0.1, -0.05) is 19.0 Å².